The summed E-state index contributed by atoms with van der Waals surface area (Å²) in [7, 11) is 2.97. The highest BCUT2D eigenvalue weighted by Crippen LogP contribution is 2.39. The molecule has 0 heterocycles. The Kier molecular flexibility index (Phi) is 9.30. The van der Waals surface area contributed by atoms with Gasteiger partial charge in [-0.3, -0.25) is 4.79 Å². The van der Waals surface area contributed by atoms with Gasteiger partial charge in [0.1, 0.15) is 52.9 Å². The van der Waals surface area contributed by atoms with Gasteiger partial charge in [0.05, 0.1) is 19.8 Å². The highest BCUT2D eigenvalue weighted by molar-refractivity contribution is 6.16. The predicted molar refractivity (Wildman–Crippen MR) is 156 cm³/mol. The monoisotopic (exact) mass is 554 g/mol. The number of carbonyl (C=O) groups is 2. The van der Waals surface area contributed by atoms with Crippen molar-refractivity contribution in [2.45, 2.75) is 39.6 Å². The SMILES string of the molecule is COc1cccc(OC)c1C(=O)c1c(OCc2ccccc2)cc(C(=O)OC(C)(C)C)cc1OCc1ccccc1. The largest absolute Gasteiger partial charge is 0.496 e. The fourth-order valence-electron chi connectivity index (χ4n) is 4.17. The zero-order chi connectivity index (χ0) is 29.4. The normalized spacial score (nSPS) is 11.0. The molecule has 4 aromatic rings. The van der Waals surface area contributed by atoms with Gasteiger partial charge in [0.15, 0.2) is 0 Å². The lowest BCUT2D eigenvalue weighted by Crippen LogP contribution is -2.24. The van der Waals surface area contributed by atoms with E-state index < -0.39 is 17.4 Å². The van der Waals surface area contributed by atoms with Crippen LogP contribution in [0.15, 0.2) is 91.0 Å². The molecule has 0 aliphatic carbocycles. The van der Waals surface area contributed by atoms with Crippen molar-refractivity contribution >= 4 is 11.8 Å². The number of hydrogen-bond donors (Lipinski definition) is 0. The number of benzene rings is 4. The summed E-state index contributed by atoms with van der Waals surface area (Å²) in [4.78, 5) is 27.6. The molecule has 4 aromatic carbocycles. The molecule has 0 spiro atoms. The second-order valence-electron chi connectivity index (χ2n) is 10.3. The first-order valence-electron chi connectivity index (χ1n) is 13.2. The van der Waals surface area contributed by atoms with Crippen molar-refractivity contribution in [2.75, 3.05) is 14.2 Å². The molecule has 0 aromatic heterocycles. The third-order valence-corrected chi connectivity index (χ3v) is 6.06. The summed E-state index contributed by atoms with van der Waals surface area (Å²) in [6.07, 6.45) is 0. The summed E-state index contributed by atoms with van der Waals surface area (Å²) < 4.78 is 29.2. The predicted octanol–water partition coefficient (Wildman–Crippen LogP) is 7.05. The van der Waals surface area contributed by atoms with Crippen molar-refractivity contribution < 1.29 is 33.3 Å². The van der Waals surface area contributed by atoms with Crippen LogP contribution >= 0.6 is 0 Å². The first-order chi connectivity index (χ1) is 19.7. The molecule has 4 rings (SSSR count). The van der Waals surface area contributed by atoms with Crippen LogP contribution in [0.2, 0.25) is 0 Å². The van der Waals surface area contributed by atoms with Crippen molar-refractivity contribution in [3.8, 4) is 23.0 Å². The van der Waals surface area contributed by atoms with Crippen LogP contribution in [0.25, 0.3) is 0 Å². The zero-order valence-electron chi connectivity index (χ0n) is 23.9. The van der Waals surface area contributed by atoms with Crippen LogP contribution < -0.4 is 18.9 Å². The average molecular weight is 555 g/mol. The van der Waals surface area contributed by atoms with E-state index in [0.717, 1.165) is 11.1 Å². The standard InChI is InChI=1S/C34H34O7/c1-34(2,3)41-33(36)25-19-28(39-21-23-13-8-6-9-14-23)31(29(20-25)40-22-24-15-10-7-11-16-24)32(35)30-26(37-4)17-12-18-27(30)38-5/h6-20H,21-22H2,1-5H3. The minimum atomic E-state index is -0.730. The van der Waals surface area contributed by atoms with Crippen LogP contribution in [0.4, 0.5) is 0 Å². The summed E-state index contributed by atoms with van der Waals surface area (Å²) >= 11 is 0. The molecule has 7 heteroatoms. The quantitative estimate of drug-likeness (QED) is 0.145. The Bertz CT molecular complexity index is 1400. The van der Waals surface area contributed by atoms with Crippen molar-refractivity contribution in [1.82, 2.24) is 0 Å². The van der Waals surface area contributed by atoms with Gasteiger partial charge in [0.25, 0.3) is 0 Å². The van der Waals surface area contributed by atoms with E-state index in [1.165, 1.54) is 26.4 Å². The number of ether oxygens (including phenoxy) is 5. The molecule has 0 N–H and O–H groups in total. The van der Waals surface area contributed by atoms with E-state index >= 15 is 0 Å². The minimum absolute atomic E-state index is 0.131. The van der Waals surface area contributed by atoms with Gasteiger partial charge in [0, 0.05) is 0 Å². The van der Waals surface area contributed by atoms with E-state index in [0.29, 0.717) is 11.5 Å². The van der Waals surface area contributed by atoms with Crippen LogP contribution in [0.1, 0.15) is 58.2 Å². The molecule has 0 radical (unpaired) electrons. The van der Waals surface area contributed by atoms with Crippen LogP contribution in [0.5, 0.6) is 23.0 Å². The lowest BCUT2D eigenvalue weighted by molar-refractivity contribution is 0.00683. The molecule has 212 valence electrons. The van der Waals surface area contributed by atoms with Crippen LogP contribution in [0.3, 0.4) is 0 Å². The number of carbonyl (C=O) groups excluding carboxylic acids is 2. The maximum atomic E-state index is 14.3. The number of ketones is 1. The molecule has 41 heavy (non-hydrogen) atoms. The van der Waals surface area contributed by atoms with E-state index in [-0.39, 0.29) is 41.4 Å². The Morgan fingerprint density at radius 3 is 1.46 bits per heavy atom. The van der Waals surface area contributed by atoms with Gasteiger partial charge in [-0.05, 0) is 56.2 Å². The Morgan fingerprint density at radius 1 is 0.610 bits per heavy atom. The maximum Gasteiger partial charge on any atom is 0.338 e. The third-order valence-electron chi connectivity index (χ3n) is 6.06. The van der Waals surface area contributed by atoms with Gasteiger partial charge in [-0.15, -0.1) is 0 Å². The summed E-state index contributed by atoms with van der Waals surface area (Å²) in [6.45, 7) is 5.67. The average Bonchev–Trinajstić information content (AvgIpc) is 2.98. The third kappa shape index (κ3) is 7.45. The van der Waals surface area contributed by atoms with E-state index in [1.807, 2.05) is 60.7 Å². The van der Waals surface area contributed by atoms with E-state index in [9.17, 15) is 9.59 Å². The van der Waals surface area contributed by atoms with E-state index in [2.05, 4.69) is 0 Å². The molecule has 0 unspecified atom stereocenters. The van der Waals surface area contributed by atoms with Crippen molar-refractivity contribution in [3.05, 3.63) is 119 Å². The Labute approximate surface area is 240 Å². The Hall–Kier alpha value is -4.78. The minimum Gasteiger partial charge on any atom is -0.496 e. The maximum absolute atomic E-state index is 14.3. The Morgan fingerprint density at radius 2 is 1.05 bits per heavy atom. The van der Waals surface area contributed by atoms with Gasteiger partial charge in [0.2, 0.25) is 5.78 Å². The second-order valence-corrected chi connectivity index (χ2v) is 10.3. The highest BCUT2D eigenvalue weighted by Gasteiger charge is 2.29. The Balaban J connectivity index is 1.89. The number of esters is 1. The molecule has 7 nitrogen and oxygen atoms in total. The van der Waals surface area contributed by atoms with Gasteiger partial charge in [-0.25, -0.2) is 4.79 Å². The van der Waals surface area contributed by atoms with Crippen LogP contribution in [-0.4, -0.2) is 31.6 Å². The molecule has 0 fully saturated rings. The summed E-state index contributed by atoms with van der Waals surface area (Å²) in [5.41, 5.74) is 1.57. The zero-order valence-corrected chi connectivity index (χ0v) is 23.9. The van der Waals surface area contributed by atoms with Gasteiger partial charge >= 0.3 is 5.97 Å². The summed E-state index contributed by atoms with van der Waals surface area (Å²) in [5.74, 6) is -0.0275. The smallest absolute Gasteiger partial charge is 0.338 e. The lowest BCUT2D eigenvalue weighted by Gasteiger charge is -2.22. The number of methoxy groups -OCH3 is 2. The topological polar surface area (TPSA) is 80.3 Å². The highest BCUT2D eigenvalue weighted by atomic mass is 16.6. The molecule has 0 bridgehead atoms. The van der Waals surface area contributed by atoms with Crippen molar-refractivity contribution in [3.63, 3.8) is 0 Å². The molecular formula is C34H34O7. The van der Waals surface area contributed by atoms with Gasteiger partial charge in [-0.2, -0.15) is 0 Å². The van der Waals surface area contributed by atoms with Crippen molar-refractivity contribution in [1.29, 1.82) is 0 Å². The number of rotatable bonds is 11. The second kappa shape index (κ2) is 13.0. The molecule has 0 amide bonds. The molecule has 0 saturated carbocycles. The summed E-state index contributed by atoms with van der Waals surface area (Å²) in [5, 5.41) is 0. The van der Waals surface area contributed by atoms with Crippen LogP contribution in [-0.2, 0) is 18.0 Å². The fraction of sp³-hybridized carbons (Fsp3) is 0.235. The summed E-state index contributed by atoms with van der Waals surface area (Å²) in [6, 6.07) is 27.2. The van der Waals surface area contributed by atoms with E-state index in [4.69, 9.17) is 23.7 Å². The van der Waals surface area contributed by atoms with E-state index in [1.54, 1.807) is 39.0 Å². The lowest BCUT2D eigenvalue weighted by atomic mass is 9.97. The number of hydrogen-bond acceptors (Lipinski definition) is 7. The fourth-order valence-corrected chi connectivity index (χ4v) is 4.17. The molecule has 0 aliphatic heterocycles. The van der Waals surface area contributed by atoms with Gasteiger partial charge in [-0.1, -0.05) is 66.7 Å². The molecule has 0 aliphatic rings. The molecular weight excluding hydrogens is 520 g/mol. The van der Waals surface area contributed by atoms with Crippen LogP contribution in [0, 0.1) is 0 Å². The van der Waals surface area contributed by atoms with Gasteiger partial charge < -0.3 is 23.7 Å². The molecule has 0 saturated heterocycles. The first-order valence-corrected chi connectivity index (χ1v) is 13.2. The van der Waals surface area contributed by atoms with Crippen molar-refractivity contribution in [2.24, 2.45) is 0 Å². The molecule has 0 atom stereocenters. The first kappa shape index (κ1) is 29.2.